The molecule has 0 saturated carbocycles. The molecule has 0 aliphatic heterocycles. The summed E-state index contributed by atoms with van der Waals surface area (Å²) in [5, 5.41) is 2.55. The molecule has 1 aromatic carbocycles. The third-order valence-electron chi connectivity index (χ3n) is 4.07. The minimum Gasteiger partial charge on any atom is -0.453 e. The Morgan fingerprint density at radius 2 is 2.00 bits per heavy atom. The van der Waals surface area contributed by atoms with Gasteiger partial charge in [0.1, 0.15) is 0 Å². The maximum Gasteiger partial charge on any atom is 0.307 e. The van der Waals surface area contributed by atoms with Crippen LogP contribution in [0.15, 0.2) is 30.9 Å². The van der Waals surface area contributed by atoms with E-state index in [0.717, 1.165) is 19.3 Å². The number of aryl methyl sites for hydroxylation is 2. The first kappa shape index (κ1) is 17.9. The van der Waals surface area contributed by atoms with E-state index in [2.05, 4.69) is 11.9 Å². The highest BCUT2D eigenvalue weighted by molar-refractivity contribution is 5.98. The predicted molar refractivity (Wildman–Crippen MR) is 90.8 cm³/mol. The third kappa shape index (κ3) is 4.78. The van der Waals surface area contributed by atoms with E-state index in [4.69, 9.17) is 4.74 Å². The van der Waals surface area contributed by atoms with Crippen LogP contribution in [0.2, 0.25) is 0 Å². The molecule has 0 fully saturated rings. The largest absolute Gasteiger partial charge is 0.453 e. The molecule has 0 radical (unpaired) electrons. The summed E-state index contributed by atoms with van der Waals surface area (Å²) in [5.74, 6) is -1.01. The van der Waals surface area contributed by atoms with E-state index >= 15 is 0 Å². The minimum atomic E-state index is -0.882. The molecule has 1 atom stereocenters. The van der Waals surface area contributed by atoms with E-state index in [1.165, 1.54) is 18.1 Å². The Morgan fingerprint density at radius 3 is 2.75 bits per heavy atom. The number of amides is 1. The Kier molecular flexibility index (Phi) is 6.29. The standard InChI is InChI=1S/C19H23NO4/c1-3-11-20-19(23)13(2)24-18(22)10-9-17(21)16-8-7-14-5-4-6-15(14)12-16/h3,7-8,12-13H,1,4-6,9-11H2,2H3,(H,20,23). The molecule has 0 saturated heterocycles. The van der Waals surface area contributed by atoms with Gasteiger partial charge >= 0.3 is 5.97 Å². The Balaban J connectivity index is 1.80. The van der Waals surface area contributed by atoms with E-state index in [-0.39, 0.29) is 24.5 Å². The molecule has 1 aliphatic rings. The minimum absolute atomic E-state index is 0.0327. The van der Waals surface area contributed by atoms with Crippen LogP contribution >= 0.6 is 0 Å². The molecule has 1 amide bonds. The van der Waals surface area contributed by atoms with Crippen molar-refractivity contribution >= 4 is 17.7 Å². The van der Waals surface area contributed by atoms with Gasteiger partial charge in [-0.15, -0.1) is 6.58 Å². The number of benzene rings is 1. The maximum atomic E-state index is 12.2. The van der Waals surface area contributed by atoms with Gasteiger partial charge in [-0.05, 0) is 43.4 Å². The summed E-state index contributed by atoms with van der Waals surface area (Å²) in [6.07, 6.45) is 3.92. The van der Waals surface area contributed by atoms with E-state index in [1.807, 2.05) is 18.2 Å². The number of carbonyl (C=O) groups is 3. The summed E-state index contributed by atoms with van der Waals surface area (Å²) in [6, 6.07) is 5.75. The molecule has 2 rings (SSSR count). The Bertz CT molecular complexity index is 651. The number of ether oxygens (including phenoxy) is 1. The van der Waals surface area contributed by atoms with Crippen molar-refractivity contribution in [2.24, 2.45) is 0 Å². The molecule has 0 spiro atoms. The molecule has 1 aliphatic carbocycles. The predicted octanol–water partition coefficient (Wildman–Crippen LogP) is 2.37. The second kappa shape index (κ2) is 8.43. The summed E-state index contributed by atoms with van der Waals surface area (Å²) in [4.78, 5) is 35.6. The smallest absolute Gasteiger partial charge is 0.307 e. The third-order valence-corrected chi connectivity index (χ3v) is 4.07. The molecule has 1 N–H and O–H groups in total. The molecule has 0 aromatic heterocycles. The van der Waals surface area contributed by atoms with Gasteiger partial charge in [-0.3, -0.25) is 14.4 Å². The molecule has 0 heterocycles. The highest BCUT2D eigenvalue weighted by Crippen LogP contribution is 2.23. The van der Waals surface area contributed by atoms with Crippen molar-refractivity contribution < 1.29 is 19.1 Å². The van der Waals surface area contributed by atoms with E-state index in [9.17, 15) is 14.4 Å². The molecule has 5 nitrogen and oxygen atoms in total. The van der Waals surface area contributed by atoms with Crippen molar-refractivity contribution in [2.75, 3.05) is 6.54 Å². The zero-order valence-electron chi connectivity index (χ0n) is 14.0. The fourth-order valence-electron chi connectivity index (χ4n) is 2.73. The van der Waals surface area contributed by atoms with Gasteiger partial charge in [0.05, 0.1) is 6.42 Å². The monoisotopic (exact) mass is 329 g/mol. The first-order valence-electron chi connectivity index (χ1n) is 8.24. The summed E-state index contributed by atoms with van der Waals surface area (Å²) < 4.78 is 5.03. The van der Waals surface area contributed by atoms with Crippen molar-refractivity contribution in [1.82, 2.24) is 5.32 Å². The summed E-state index contributed by atoms with van der Waals surface area (Å²) in [5.41, 5.74) is 3.18. The number of rotatable bonds is 8. The summed E-state index contributed by atoms with van der Waals surface area (Å²) >= 11 is 0. The van der Waals surface area contributed by atoms with Crippen molar-refractivity contribution in [1.29, 1.82) is 0 Å². The van der Waals surface area contributed by atoms with E-state index in [1.54, 1.807) is 6.08 Å². The van der Waals surface area contributed by atoms with Gasteiger partial charge in [0.25, 0.3) is 5.91 Å². The molecule has 1 aromatic rings. The number of Topliss-reactive ketones (excluding diaryl/α,β-unsaturated/α-hetero) is 1. The van der Waals surface area contributed by atoms with Crippen molar-refractivity contribution in [3.63, 3.8) is 0 Å². The van der Waals surface area contributed by atoms with E-state index < -0.39 is 12.1 Å². The van der Waals surface area contributed by atoms with Gasteiger partial charge in [-0.2, -0.15) is 0 Å². The summed E-state index contributed by atoms with van der Waals surface area (Å²) in [6.45, 7) is 5.31. The van der Waals surface area contributed by atoms with Crippen LogP contribution in [0.5, 0.6) is 0 Å². The van der Waals surface area contributed by atoms with Crippen LogP contribution in [0.4, 0.5) is 0 Å². The zero-order valence-corrected chi connectivity index (χ0v) is 14.0. The van der Waals surface area contributed by atoms with Gasteiger partial charge in [0.15, 0.2) is 11.9 Å². The zero-order chi connectivity index (χ0) is 17.5. The second-order valence-electron chi connectivity index (χ2n) is 5.93. The highest BCUT2D eigenvalue weighted by Gasteiger charge is 2.19. The fraction of sp³-hybridized carbons (Fsp3) is 0.421. The average molecular weight is 329 g/mol. The quantitative estimate of drug-likeness (QED) is 0.451. The number of carbonyl (C=O) groups excluding carboxylic acids is 3. The Morgan fingerprint density at radius 1 is 1.25 bits per heavy atom. The van der Waals surface area contributed by atoms with E-state index in [0.29, 0.717) is 12.1 Å². The van der Waals surface area contributed by atoms with Gasteiger partial charge in [-0.1, -0.05) is 18.2 Å². The molecule has 5 heteroatoms. The number of esters is 1. The molecule has 24 heavy (non-hydrogen) atoms. The van der Waals surface area contributed by atoms with Crippen molar-refractivity contribution in [3.8, 4) is 0 Å². The number of hydrogen-bond acceptors (Lipinski definition) is 4. The van der Waals surface area contributed by atoms with Crippen LogP contribution in [0.25, 0.3) is 0 Å². The lowest BCUT2D eigenvalue weighted by Gasteiger charge is -2.12. The topological polar surface area (TPSA) is 72.5 Å². The van der Waals surface area contributed by atoms with Crippen LogP contribution in [0.3, 0.4) is 0 Å². The van der Waals surface area contributed by atoms with Gasteiger partial charge in [-0.25, -0.2) is 0 Å². The Hall–Kier alpha value is -2.43. The van der Waals surface area contributed by atoms with Crippen molar-refractivity contribution in [2.45, 2.75) is 45.1 Å². The van der Waals surface area contributed by atoms with Crippen LogP contribution < -0.4 is 5.32 Å². The lowest BCUT2D eigenvalue weighted by molar-refractivity contribution is -0.154. The van der Waals surface area contributed by atoms with Crippen LogP contribution in [0.1, 0.15) is 47.7 Å². The lowest BCUT2D eigenvalue weighted by Crippen LogP contribution is -2.35. The number of nitrogens with one attached hydrogen (secondary N) is 1. The van der Waals surface area contributed by atoms with Crippen LogP contribution in [-0.2, 0) is 27.2 Å². The Labute approximate surface area is 142 Å². The molecule has 128 valence electrons. The van der Waals surface area contributed by atoms with Crippen LogP contribution in [0, 0.1) is 0 Å². The normalized spacial score (nSPS) is 13.7. The molecular formula is C19H23NO4. The van der Waals surface area contributed by atoms with Gasteiger partial charge in [0, 0.05) is 18.5 Å². The molecule has 0 bridgehead atoms. The summed E-state index contributed by atoms with van der Waals surface area (Å²) in [7, 11) is 0. The SMILES string of the molecule is C=CCNC(=O)C(C)OC(=O)CCC(=O)c1ccc2c(c1)CCC2. The number of fused-ring (bicyclic) bond motifs is 1. The first-order chi connectivity index (χ1) is 11.5. The average Bonchev–Trinajstić information content (AvgIpc) is 3.04. The lowest BCUT2D eigenvalue weighted by atomic mass is 10.0. The highest BCUT2D eigenvalue weighted by atomic mass is 16.5. The van der Waals surface area contributed by atoms with Crippen molar-refractivity contribution in [3.05, 3.63) is 47.5 Å². The molecule has 1 unspecified atom stereocenters. The van der Waals surface area contributed by atoms with Crippen LogP contribution in [-0.4, -0.2) is 30.3 Å². The second-order valence-corrected chi connectivity index (χ2v) is 5.93. The number of hydrogen-bond donors (Lipinski definition) is 1. The maximum absolute atomic E-state index is 12.2. The van der Waals surface area contributed by atoms with Gasteiger partial charge in [0.2, 0.25) is 0 Å². The fourth-order valence-corrected chi connectivity index (χ4v) is 2.73. The molecular weight excluding hydrogens is 306 g/mol. The van der Waals surface area contributed by atoms with Gasteiger partial charge < -0.3 is 10.1 Å². The first-order valence-corrected chi connectivity index (χ1v) is 8.24. The number of ketones is 1.